The lowest BCUT2D eigenvalue weighted by atomic mass is 10.2. The Morgan fingerprint density at radius 2 is 2.22 bits per heavy atom. The molecule has 0 saturated heterocycles. The maximum absolute atomic E-state index is 5.42. The highest BCUT2D eigenvalue weighted by molar-refractivity contribution is 8.00. The molecule has 0 fully saturated rings. The van der Waals surface area contributed by atoms with E-state index in [1.807, 2.05) is 35.0 Å². The highest BCUT2D eigenvalue weighted by Gasteiger charge is 2.29. The van der Waals surface area contributed by atoms with Crippen molar-refractivity contribution in [3.63, 3.8) is 0 Å². The first-order valence-electron chi connectivity index (χ1n) is 8.39. The lowest BCUT2D eigenvalue weighted by Crippen LogP contribution is -2.12. The van der Waals surface area contributed by atoms with Gasteiger partial charge in [-0.25, -0.2) is 0 Å². The van der Waals surface area contributed by atoms with E-state index in [1.165, 1.54) is 0 Å². The van der Waals surface area contributed by atoms with Crippen molar-refractivity contribution in [3.8, 4) is 11.4 Å². The monoisotopic (exact) mass is 397 g/mol. The molecule has 0 amide bonds. The molecule has 0 N–H and O–H groups in total. The number of fused-ring (bicyclic) bond motifs is 1. The summed E-state index contributed by atoms with van der Waals surface area (Å²) >= 11 is 3.42. The fourth-order valence-corrected chi connectivity index (χ4v) is 5.19. The van der Waals surface area contributed by atoms with Gasteiger partial charge in [-0.05, 0) is 24.3 Å². The fraction of sp³-hybridized carbons (Fsp3) is 0.235. The predicted molar refractivity (Wildman–Crippen MR) is 102 cm³/mol. The lowest BCUT2D eigenvalue weighted by molar-refractivity contribution is 0.484. The number of hydrogen-bond donors (Lipinski definition) is 0. The van der Waals surface area contributed by atoms with E-state index in [4.69, 9.17) is 4.42 Å². The average molecular weight is 397 g/mol. The zero-order valence-corrected chi connectivity index (χ0v) is 15.8. The molecule has 4 aromatic rings. The van der Waals surface area contributed by atoms with Gasteiger partial charge in [0.1, 0.15) is 12.1 Å². The van der Waals surface area contributed by atoms with Gasteiger partial charge in [0.15, 0.2) is 16.1 Å². The van der Waals surface area contributed by atoms with Gasteiger partial charge >= 0.3 is 0 Å². The number of furan rings is 1. The Kier molecular flexibility index (Phi) is 4.42. The predicted octanol–water partition coefficient (Wildman–Crippen LogP) is 3.01. The van der Waals surface area contributed by atoms with Crippen molar-refractivity contribution in [3.05, 3.63) is 55.0 Å². The number of rotatable bonds is 6. The summed E-state index contributed by atoms with van der Waals surface area (Å²) in [6.07, 6.45) is 7.00. The molecule has 1 aliphatic heterocycles. The summed E-state index contributed by atoms with van der Waals surface area (Å²) in [5.41, 5.74) is 0.981. The summed E-state index contributed by atoms with van der Waals surface area (Å²) in [5, 5.41) is 18.8. The SMILES string of the molecule is c1cncc(-c2nnc3n2C(CSc2nncn2Cc2ccco2)CS3)c1. The number of hydrogen-bond acceptors (Lipinski definition) is 8. The highest BCUT2D eigenvalue weighted by atomic mass is 32.2. The fourth-order valence-electron chi connectivity index (χ4n) is 2.97. The summed E-state index contributed by atoms with van der Waals surface area (Å²) in [7, 11) is 0. The molecule has 5 rings (SSSR count). The van der Waals surface area contributed by atoms with E-state index in [0.29, 0.717) is 6.54 Å². The Balaban J connectivity index is 1.33. The van der Waals surface area contributed by atoms with Crippen LogP contribution in [0, 0.1) is 0 Å². The second kappa shape index (κ2) is 7.20. The van der Waals surface area contributed by atoms with E-state index in [-0.39, 0.29) is 6.04 Å². The van der Waals surface area contributed by atoms with E-state index >= 15 is 0 Å². The number of pyridine rings is 1. The third kappa shape index (κ3) is 3.26. The van der Waals surface area contributed by atoms with Crippen LogP contribution >= 0.6 is 23.5 Å². The number of thioether (sulfide) groups is 2. The van der Waals surface area contributed by atoms with Crippen LogP contribution in [0.2, 0.25) is 0 Å². The standard InChI is InChI=1S/C17H15N7OS2/c1-3-12(7-18-5-1)15-20-22-17-24(15)13(10-27-17)9-26-16-21-19-11-23(16)8-14-4-2-6-25-14/h1-7,11,13H,8-10H2. The second-order valence-corrected chi connectivity index (χ2v) is 7.99. The molecule has 0 spiro atoms. The van der Waals surface area contributed by atoms with E-state index < -0.39 is 0 Å². The Labute approximate surface area is 163 Å². The van der Waals surface area contributed by atoms with Crippen molar-refractivity contribution >= 4 is 23.5 Å². The number of nitrogens with zero attached hydrogens (tertiary/aromatic N) is 7. The average Bonchev–Trinajstić information content (AvgIpc) is 3.48. The quantitative estimate of drug-likeness (QED) is 0.459. The Morgan fingerprint density at radius 1 is 1.22 bits per heavy atom. The van der Waals surface area contributed by atoms with Crippen LogP contribution in [0.5, 0.6) is 0 Å². The molecule has 0 bridgehead atoms. The van der Waals surface area contributed by atoms with Gasteiger partial charge in [-0.15, -0.1) is 20.4 Å². The van der Waals surface area contributed by atoms with Crippen molar-refractivity contribution in [2.45, 2.75) is 22.9 Å². The van der Waals surface area contributed by atoms with Crippen molar-refractivity contribution in [2.24, 2.45) is 0 Å². The topological polar surface area (TPSA) is 87.5 Å². The first-order valence-corrected chi connectivity index (χ1v) is 10.4. The lowest BCUT2D eigenvalue weighted by Gasteiger charge is -2.14. The van der Waals surface area contributed by atoms with Crippen molar-refractivity contribution < 1.29 is 4.42 Å². The molecule has 8 nitrogen and oxygen atoms in total. The third-order valence-corrected chi connectivity index (χ3v) is 6.46. The molecule has 5 heterocycles. The van der Waals surface area contributed by atoms with Gasteiger partial charge in [0.25, 0.3) is 0 Å². The molecule has 1 aliphatic rings. The molecule has 4 aromatic heterocycles. The minimum atomic E-state index is 0.286. The first-order chi connectivity index (χ1) is 13.4. The largest absolute Gasteiger partial charge is 0.467 e. The Hall–Kier alpha value is -2.59. The molecule has 1 atom stereocenters. The van der Waals surface area contributed by atoms with Gasteiger partial charge < -0.3 is 8.98 Å². The van der Waals surface area contributed by atoms with Crippen LogP contribution in [0.3, 0.4) is 0 Å². The molecule has 10 heteroatoms. The zero-order chi connectivity index (χ0) is 18.1. The minimum Gasteiger partial charge on any atom is -0.467 e. The van der Waals surface area contributed by atoms with E-state index in [0.717, 1.165) is 39.0 Å². The van der Waals surface area contributed by atoms with Gasteiger partial charge in [-0.3, -0.25) is 9.55 Å². The molecule has 136 valence electrons. The van der Waals surface area contributed by atoms with Crippen LogP contribution in [0.4, 0.5) is 0 Å². The van der Waals surface area contributed by atoms with Crippen LogP contribution in [-0.2, 0) is 6.54 Å². The molecule has 0 radical (unpaired) electrons. The summed E-state index contributed by atoms with van der Waals surface area (Å²) < 4.78 is 9.64. The smallest absolute Gasteiger partial charge is 0.191 e. The molecule has 0 saturated carbocycles. The maximum Gasteiger partial charge on any atom is 0.191 e. The molecular weight excluding hydrogens is 382 g/mol. The van der Waals surface area contributed by atoms with Gasteiger partial charge in [-0.2, -0.15) is 0 Å². The Bertz CT molecular complexity index is 1030. The third-order valence-electron chi connectivity index (χ3n) is 4.25. The maximum atomic E-state index is 5.42. The van der Waals surface area contributed by atoms with Crippen LogP contribution in [0.25, 0.3) is 11.4 Å². The van der Waals surface area contributed by atoms with Crippen LogP contribution in [0.15, 0.2) is 64.0 Å². The van der Waals surface area contributed by atoms with E-state index in [9.17, 15) is 0 Å². The highest BCUT2D eigenvalue weighted by Crippen LogP contribution is 2.38. The summed E-state index contributed by atoms with van der Waals surface area (Å²) in [4.78, 5) is 4.20. The summed E-state index contributed by atoms with van der Waals surface area (Å²) in [5.74, 6) is 3.58. The zero-order valence-electron chi connectivity index (χ0n) is 14.2. The molecular formula is C17H15N7OS2. The summed E-state index contributed by atoms with van der Waals surface area (Å²) in [6, 6.07) is 8.05. The van der Waals surface area contributed by atoms with Crippen LogP contribution < -0.4 is 0 Å². The Morgan fingerprint density at radius 3 is 3.07 bits per heavy atom. The van der Waals surface area contributed by atoms with Crippen molar-refractivity contribution in [2.75, 3.05) is 11.5 Å². The normalized spacial score (nSPS) is 15.9. The van der Waals surface area contributed by atoms with Gasteiger partial charge in [-0.1, -0.05) is 23.5 Å². The van der Waals surface area contributed by atoms with E-state index in [1.54, 1.807) is 42.3 Å². The second-order valence-electron chi connectivity index (χ2n) is 6.01. The van der Waals surface area contributed by atoms with Crippen LogP contribution in [0.1, 0.15) is 11.8 Å². The first kappa shape index (κ1) is 16.6. The number of aromatic nitrogens is 7. The molecule has 1 unspecified atom stereocenters. The van der Waals surface area contributed by atoms with Crippen molar-refractivity contribution in [1.82, 2.24) is 34.5 Å². The van der Waals surface area contributed by atoms with E-state index in [2.05, 4.69) is 29.9 Å². The van der Waals surface area contributed by atoms with Gasteiger partial charge in [0.2, 0.25) is 0 Å². The van der Waals surface area contributed by atoms with Gasteiger partial charge in [0, 0.05) is 29.5 Å². The molecule has 27 heavy (non-hydrogen) atoms. The summed E-state index contributed by atoms with van der Waals surface area (Å²) in [6.45, 7) is 0.626. The minimum absolute atomic E-state index is 0.286. The van der Waals surface area contributed by atoms with Gasteiger partial charge in [0.05, 0.1) is 18.8 Å². The molecule has 0 aromatic carbocycles. The van der Waals surface area contributed by atoms with Crippen LogP contribution in [-0.4, -0.2) is 46.0 Å². The van der Waals surface area contributed by atoms with Crippen molar-refractivity contribution in [1.29, 1.82) is 0 Å². The molecule has 0 aliphatic carbocycles.